The molecule has 0 aromatic rings. The van der Waals surface area contributed by atoms with Crippen LogP contribution in [0.2, 0.25) is 0 Å². The van der Waals surface area contributed by atoms with Crippen molar-refractivity contribution in [3.05, 3.63) is 36.5 Å². The Hall–Kier alpha value is -1.11. The van der Waals surface area contributed by atoms with Gasteiger partial charge in [-0.2, -0.15) is 0 Å². The summed E-state index contributed by atoms with van der Waals surface area (Å²) in [6, 6.07) is 0. The van der Waals surface area contributed by atoms with E-state index >= 15 is 0 Å². The third kappa shape index (κ3) is 9.20. The van der Waals surface area contributed by atoms with Gasteiger partial charge in [0.15, 0.2) is 5.78 Å². The van der Waals surface area contributed by atoms with E-state index in [2.05, 4.69) is 19.6 Å². The molecule has 0 aromatic carbocycles. The lowest BCUT2D eigenvalue weighted by molar-refractivity contribution is -0.114. The zero-order valence-corrected chi connectivity index (χ0v) is 9.96. The van der Waals surface area contributed by atoms with Crippen LogP contribution in [0.3, 0.4) is 0 Å². The fourth-order valence-electron chi connectivity index (χ4n) is 1.23. The topological polar surface area (TPSA) is 17.1 Å². The predicted molar refractivity (Wildman–Crippen MR) is 66.9 cm³/mol. The van der Waals surface area contributed by atoms with Crippen molar-refractivity contribution >= 4 is 5.78 Å². The molecular weight excluding hydrogens is 184 g/mol. The number of allylic oxidation sites excluding steroid dienone is 5. The van der Waals surface area contributed by atoms with E-state index < -0.39 is 0 Å². The van der Waals surface area contributed by atoms with Gasteiger partial charge in [-0.3, -0.25) is 4.79 Å². The fraction of sp³-hybridized carbons (Fsp3) is 0.500. The minimum absolute atomic E-state index is 0.175. The molecule has 0 heterocycles. The molecule has 84 valence electrons. The number of unbranched alkanes of at least 4 members (excludes halogenated alkanes) is 1. The van der Waals surface area contributed by atoms with Crippen LogP contribution in [0.5, 0.6) is 0 Å². The molecule has 0 atom stereocenters. The van der Waals surface area contributed by atoms with E-state index in [1.54, 1.807) is 6.08 Å². The van der Waals surface area contributed by atoms with Gasteiger partial charge in [-0.1, -0.05) is 43.7 Å². The van der Waals surface area contributed by atoms with Gasteiger partial charge in [0.25, 0.3) is 0 Å². The normalized spacial score (nSPS) is 11.3. The van der Waals surface area contributed by atoms with Crippen LogP contribution in [0, 0.1) is 0 Å². The zero-order valence-electron chi connectivity index (χ0n) is 9.96. The van der Waals surface area contributed by atoms with E-state index in [1.165, 1.54) is 0 Å². The first-order valence-corrected chi connectivity index (χ1v) is 5.67. The second-order valence-corrected chi connectivity index (χ2v) is 3.69. The summed E-state index contributed by atoms with van der Waals surface area (Å²) in [5, 5.41) is 0. The van der Waals surface area contributed by atoms with Gasteiger partial charge in [0, 0.05) is 6.42 Å². The van der Waals surface area contributed by atoms with Gasteiger partial charge in [-0.15, -0.1) is 0 Å². The van der Waals surface area contributed by atoms with Gasteiger partial charge in [0.2, 0.25) is 0 Å². The smallest absolute Gasteiger partial charge is 0.159 e. The average molecular weight is 206 g/mol. The second-order valence-electron chi connectivity index (χ2n) is 3.69. The summed E-state index contributed by atoms with van der Waals surface area (Å²) in [6.45, 7) is 8.01. The highest BCUT2D eigenvalue weighted by atomic mass is 16.1. The minimum Gasteiger partial charge on any atom is -0.295 e. The van der Waals surface area contributed by atoms with E-state index in [0.717, 1.165) is 31.3 Å². The first-order chi connectivity index (χ1) is 7.20. The van der Waals surface area contributed by atoms with Crippen molar-refractivity contribution < 1.29 is 4.79 Å². The molecule has 0 aliphatic carbocycles. The summed E-state index contributed by atoms with van der Waals surface area (Å²) >= 11 is 0. The van der Waals surface area contributed by atoms with Crippen LogP contribution in [-0.4, -0.2) is 5.78 Å². The maximum absolute atomic E-state index is 11.4. The third-order valence-corrected chi connectivity index (χ3v) is 2.08. The van der Waals surface area contributed by atoms with Crippen molar-refractivity contribution in [1.29, 1.82) is 0 Å². The van der Waals surface area contributed by atoms with Crippen molar-refractivity contribution in [2.24, 2.45) is 0 Å². The van der Waals surface area contributed by atoms with Crippen LogP contribution in [-0.2, 0) is 4.79 Å². The maximum atomic E-state index is 11.4. The molecule has 0 amide bonds. The summed E-state index contributed by atoms with van der Waals surface area (Å²) in [5.74, 6) is 0.175. The number of ketones is 1. The lowest BCUT2D eigenvalue weighted by atomic mass is 10.1. The van der Waals surface area contributed by atoms with Crippen molar-refractivity contribution in [3.8, 4) is 0 Å². The molecule has 0 spiro atoms. The monoisotopic (exact) mass is 206 g/mol. The molecule has 1 heteroatoms. The Kier molecular flexibility index (Phi) is 8.75. The molecule has 0 aromatic heterocycles. The molecule has 0 saturated carbocycles. The number of hydrogen-bond donors (Lipinski definition) is 0. The first kappa shape index (κ1) is 13.9. The highest BCUT2D eigenvalue weighted by molar-refractivity contribution is 5.91. The summed E-state index contributed by atoms with van der Waals surface area (Å²) in [6.07, 6.45) is 12.2. The molecule has 0 aliphatic rings. The first-order valence-electron chi connectivity index (χ1n) is 5.67. The minimum atomic E-state index is 0.175. The Labute approximate surface area is 93.6 Å². The van der Waals surface area contributed by atoms with Crippen LogP contribution in [0.15, 0.2) is 36.5 Å². The predicted octanol–water partition coefficient (Wildman–Crippen LogP) is 4.21. The molecule has 0 fully saturated rings. The summed E-state index contributed by atoms with van der Waals surface area (Å²) in [5.41, 5.74) is 1.03. The largest absolute Gasteiger partial charge is 0.295 e. The number of carbonyl (C=O) groups is 1. The molecule has 0 unspecified atom stereocenters. The summed E-state index contributed by atoms with van der Waals surface area (Å²) in [4.78, 5) is 11.4. The molecule has 0 saturated heterocycles. The van der Waals surface area contributed by atoms with Gasteiger partial charge in [-0.25, -0.2) is 0 Å². The maximum Gasteiger partial charge on any atom is 0.159 e. The lowest BCUT2D eigenvalue weighted by Crippen LogP contribution is -1.94. The van der Waals surface area contributed by atoms with Crippen molar-refractivity contribution in [2.45, 2.75) is 46.0 Å². The van der Waals surface area contributed by atoms with Crippen LogP contribution >= 0.6 is 0 Å². The molecular formula is C14H22O. The Balaban J connectivity index is 3.71. The highest BCUT2D eigenvalue weighted by Gasteiger charge is 1.99. The molecule has 0 radical (unpaired) electrons. The Morgan fingerprint density at radius 1 is 1.27 bits per heavy atom. The summed E-state index contributed by atoms with van der Waals surface area (Å²) in [7, 11) is 0. The Morgan fingerprint density at radius 3 is 2.60 bits per heavy atom. The van der Waals surface area contributed by atoms with E-state index in [1.807, 2.05) is 19.1 Å². The summed E-state index contributed by atoms with van der Waals surface area (Å²) < 4.78 is 0. The fourth-order valence-corrected chi connectivity index (χ4v) is 1.23. The zero-order chi connectivity index (χ0) is 11.5. The number of rotatable bonds is 8. The van der Waals surface area contributed by atoms with Gasteiger partial charge in [0.05, 0.1) is 0 Å². The molecule has 0 bridgehead atoms. The number of hydrogen-bond acceptors (Lipinski definition) is 1. The Bertz CT molecular complexity index is 246. The standard InChI is InChI=1S/C14H22O/c1-4-6-8-10-13(3)12-14(15)11-9-7-5-2/h4,6,9,11H,3,5,7-8,10,12H2,1-2H3. The lowest BCUT2D eigenvalue weighted by Gasteiger charge is -1.99. The third-order valence-electron chi connectivity index (χ3n) is 2.08. The Morgan fingerprint density at radius 2 is 2.00 bits per heavy atom. The molecule has 0 rings (SSSR count). The second kappa shape index (κ2) is 9.45. The highest BCUT2D eigenvalue weighted by Crippen LogP contribution is 2.09. The van der Waals surface area contributed by atoms with E-state index in [9.17, 15) is 4.79 Å². The SMILES string of the molecule is C=C(CCC=CC)CC(=O)C=CCCC. The van der Waals surface area contributed by atoms with Crippen molar-refractivity contribution in [3.63, 3.8) is 0 Å². The molecule has 0 aliphatic heterocycles. The van der Waals surface area contributed by atoms with E-state index in [4.69, 9.17) is 0 Å². The van der Waals surface area contributed by atoms with Crippen molar-refractivity contribution in [1.82, 2.24) is 0 Å². The molecule has 15 heavy (non-hydrogen) atoms. The van der Waals surface area contributed by atoms with Crippen LogP contribution < -0.4 is 0 Å². The van der Waals surface area contributed by atoms with Crippen LogP contribution in [0.4, 0.5) is 0 Å². The molecule has 1 nitrogen and oxygen atoms in total. The van der Waals surface area contributed by atoms with Gasteiger partial charge in [-0.05, 0) is 32.3 Å². The van der Waals surface area contributed by atoms with E-state index in [-0.39, 0.29) is 5.78 Å². The van der Waals surface area contributed by atoms with Gasteiger partial charge < -0.3 is 0 Å². The van der Waals surface area contributed by atoms with Gasteiger partial charge in [0.1, 0.15) is 0 Å². The molecule has 0 N–H and O–H groups in total. The van der Waals surface area contributed by atoms with E-state index in [0.29, 0.717) is 6.42 Å². The average Bonchev–Trinajstić information content (AvgIpc) is 2.18. The number of carbonyl (C=O) groups excluding carboxylic acids is 1. The van der Waals surface area contributed by atoms with Crippen molar-refractivity contribution in [2.75, 3.05) is 0 Å². The van der Waals surface area contributed by atoms with Crippen LogP contribution in [0.25, 0.3) is 0 Å². The van der Waals surface area contributed by atoms with Crippen LogP contribution in [0.1, 0.15) is 46.0 Å². The van der Waals surface area contributed by atoms with Gasteiger partial charge >= 0.3 is 0 Å². The quantitative estimate of drug-likeness (QED) is 0.429.